The van der Waals surface area contributed by atoms with Gasteiger partial charge in [-0.3, -0.25) is 14.6 Å². The summed E-state index contributed by atoms with van der Waals surface area (Å²) in [5.74, 6) is -0.0919. The Morgan fingerprint density at radius 3 is 2.63 bits per heavy atom. The fraction of sp³-hybridized carbons (Fsp3) is 0.933. The molecule has 4 heteroatoms. The first kappa shape index (κ1) is 14.8. The molecule has 2 aliphatic heterocycles. The Hall–Kier alpha value is -0.610. The van der Waals surface area contributed by atoms with Gasteiger partial charge in [0.25, 0.3) is 0 Å². The van der Waals surface area contributed by atoms with Crippen molar-refractivity contribution in [3.8, 4) is 0 Å². The summed E-state index contributed by atoms with van der Waals surface area (Å²) >= 11 is 0. The first-order valence-corrected chi connectivity index (χ1v) is 7.50. The van der Waals surface area contributed by atoms with Crippen molar-refractivity contribution in [2.75, 3.05) is 19.6 Å². The summed E-state index contributed by atoms with van der Waals surface area (Å²) in [6.07, 6.45) is 2.57. The van der Waals surface area contributed by atoms with Crippen molar-refractivity contribution in [2.24, 2.45) is 0 Å². The predicted molar refractivity (Wildman–Crippen MR) is 76.1 cm³/mol. The highest BCUT2D eigenvalue weighted by Gasteiger charge is 2.38. The second kappa shape index (κ2) is 5.41. The van der Waals surface area contributed by atoms with Crippen LogP contribution in [-0.2, 0) is 9.53 Å². The summed E-state index contributed by atoms with van der Waals surface area (Å²) in [7, 11) is 0. The van der Waals surface area contributed by atoms with E-state index in [9.17, 15) is 4.79 Å². The van der Waals surface area contributed by atoms with Gasteiger partial charge in [-0.15, -0.1) is 0 Å². The Labute approximate surface area is 117 Å². The highest BCUT2D eigenvalue weighted by molar-refractivity contribution is 5.75. The summed E-state index contributed by atoms with van der Waals surface area (Å²) in [6.45, 7) is 13.3. The molecule has 19 heavy (non-hydrogen) atoms. The summed E-state index contributed by atoms with van der Waals surface area (Å²) in [5, 5.41) is 0. The number of carbonyl (C=O) groups excluding carboxylic acids is 1. The fourth-order valence-corrected chi connectivity index (χ4v) is 3.27. The zero-order valence-electron chi connectivity index (χ0n) is 13.0. The second-order valence-corrected chi connectivity index (χ2v) is 7.05. The number of rotatable bonds is 2. The van der Waals surface area contributed by atoms with E-state index in [1.807, 2.05) is 27.7 Å². The quantitative estimate of drug-likeness (QED) is 0.716. The van der Waals surface area contributed by atoms with Gasteiger partial charge in [0.1, 0.15) is 11.6 Å². The summed E-state index contributed by atoms with van der Waals surface area (Å²) in [4.78, 5) is 17.1. The van der Waals surface area contributed by atoms with Gasteiger partial charge in [-0.2, -0.15) is 0 Å². The lowest BCUT2D eigenvalue weighted by molar-refractivity contribution is -0.163. The lowest BCUT2D eigenvalue weighted by Crippen LogP contribution is -2.59. The first-order valence-electron chi connectivity index (χ1n) is 7.50. The molecule has 3 atom stereocenters. The van der Waals surface area contributed by atoms with Crippen molar-refractivity contribution in [1.82, 2.24) is 9.80 Å². The average molecular weight is 268 g/mol. The molecule has 0 N–H and O–H groups in total. The van der Waals surface area contributed by atoms with E-state index in [0.717, 1.165) is 13.1 Å². The molecular formula is C15H28N2O2. The van der Waals surface area contributed by atoms with Gasteiger partial charge in [-0.05, 0) is 54.0 Å². The van der Waals surface area contributed by atoms with Gasteiger partial charge < -0.3 is 4.74 Å². The summed E-state index contributed by atoms with van der Waals surface area (Å²) < 4.78 is 5.52. The SMILES string of the molecule is CC1CN2CCCC2CN1C(C)C(=O)OC(C)(C)C. The third-order valence-corrected chi connectivity index (χ3v) is 4.23. The van der Waals surface area contributed by atoms with Gasteiger partial charge in [0.2, 0.25) is 0 Å². The van der Waals surface area contributed by atoms with Gasteiger partial charge in [-0.1, -0.05) is 0 Å². The van der Waals surface area contributed by atoms with E-state index in [0.29, 0.717) is 12.1 Å². The Morgan fingerprint density at radius 2 is 2.00 bits per heavy atom. The summed E-state index contributed by atoms with van der Waals surface area (Å²) in [6, 6.07) is 0.926. The van der Waals surface area contributed by atoms with E-state index < -0.39 is 5.60 Å². The monoisotopic (exact) mass is 268 g/mol. The van der Waals surface area contributed by atoms with Crippen molar-refractivity contribution in [3.05, 3.63) is 0 Å². The predicted octanol–water partition coefficient (Wildman–Crippen LogP) is 1.89. The van der Waals surface area contributed by atoms with Gasteiger partial charge in [0, 0.05) is 25.2 Å². The number of fused-ring (bicyclic) bond motifs is 1. The van der Waals surface area contributed by atoms with Crippen LogP contribution in [0.25, 0.3) is 0 Å². The Balaban J connectivity index is 1.98. The van der Waals surface area contributed by atoms with Crippen LogP contribution in [0, 0.1) is 0 Å². The maximum absolute atomic E-state index is 12.2. The Morgan fingerprint density at radius 1 is 1.32 bits per heavy atom. The minimum Gasteiger partial charge on any atom is -0.459 e. The van der Waals surface area contributed by atoms with Crippen molar-refractivity contribution in [1.29, 1.82) is 0 Å². The zero-order chi connectivity index (χ0) is 14.2. The molecule has 4 nitrogen and oxygen atoms in total. The molecule has 0 aromatic carbocycles. The molecule has 2 aliphatic rings. The lowest BCUT2D eigenvalue weighted by atomic mass is 10.1. The van der Waals surface area contributed by atoms with Crippen LogP contribution >= 0.6 is 0 Å². The number of esters is 1. The van der Waals surface area contributed by atoms with Crippen molar-refractivity contribution >= 4 is 5.97 Å². The standard InChI is InChI=1S/C15H28N2O2/c1-11-9-16-8-6-7-13(16)10-17(11)12(2)14(18)19-15(3,4)5/h11-13H,6-10H2,1-5H3. The second-order valence-electron chi connectivity index (χ2n) is 7.05. The minimum absolute atomic E-state index is 0.0919. The first-order chi connectivity index (χ1) is 8.78. The average Bonchev–Trinajstić information content (AvgIpc) is 2.71. The van der Waals surface area contributed by atoms with Crippen molar-refractivity contribution in [2.45, 2.75) is 71.2 Å². The normalized spacial score (nSPS) is 31.0. The van der Waals surface area contributed by atoms with Crippen LogP contribution in [0.15, 0.2) is 0 Å². The molecule has 0 spiro atoms. The zero-order valence-corrected chi connectivity index (χ0v) is 13.0. The maximum Gasteiger partial charge on any atom is 0.323 e. The van der Waals surface area contributed by atoms with E-state index in [4.69, 9.17) is 4.74 Å². The van der Waals surface area contributed by atoms with Crippen LogP contribution in [0.2, 0.25) is 0 Å². The van der Waals surface area contributed by atoms with Gasteiger partial charge >= 0.3 is 5.97 Å². The van der Waals surface area contributed by atoms with E-state index in [1.54, 1.807) is 0 Å². The maximum atomic E-state index is 12.2. The van der Waals surface area contributed by atoms with Crippen LogP contribution in [0.4, 0.5) is 0 Å². The van der Waals surface area contributed by atoms with E-state index >= 15 is 0 Å². The van der Waals surface area contributed by atoms with Crippen LogP contribution < -0.4 is 0 Å². The summed E-state index contributed by atoms with van der Waals surface area (Å²) in [5.41, 5.74) is -0.399. The van der Waals surface area contributed by atoms with Gasteiger partial charge in [0.05, 0.1) is 0 Å². The molecule has 110 valence electrons. The Bertz CT molecular complexity index is 338. The molecule has 0 aliphatic carbocycles. The molecule has 0 saturated carbocycles. The van der Waals surface area contributed by atoms with E-state index in [1.165, 1.54) is 19.4 Å². The largest absolute Gasteiger partial charge is 0.459 e. The Kier molecular flexibility index (Phi) is 4.21. The molecule has 0 aromatic heterocycles. The van der Waals surface area contributed by atoms with Crippen LogP contribution in [-0.4, -0.2) is 59.1 Å². The van der Waals surface area contributed by atoms with Gasteiger partial charge in [0.15, 0.2) is 0 Å². The third kappa shape index (κ3) is 3.48. The molecule has 0 bridgehead atoms. The minimum atomic E-state index is -0.399. The molecule has 2 saturated heterocycles. The number of nitrogens with zero attached hydrogens (tertiary/aromatic N) is 2. The van der Waals surface area contributed by atoms with Crippen LogP contribution in [0.3, 0.4) is 0 Å². The lowest BCUT2D eigenvalue weighted by Gasteiger charge is -2.44. The molecular weight excluding hydrogens is 240 g/mol. The van der Waals surface area contributed by atoms with Crippen molar-refractivity contribution < 1.29 is 9.53 Å². The van der Waals surface area contributed by atoms with Crippen LogP contribution in [0.1, 0.15) is 47.5 Å². The highest BCUT2D eigenvalue weighted by atomic mass is 16.6. The number of carbonyl (C=O) groups is 1. The van der Waals surface area contributed by atoms with Crippen molar-refractivity contribution in [3.63, 3.8) is 0 Å². The smallest absolute Gasteiger partial charge is 0.323 e. The molecule has 2 rings (SSSR count). The van der Waals surface area contributed by atoms with E-state index in [-0.39, 0.29) is 12.0 Å². The highest BCUT2D eigenvalue weighted by Crippen LogP contribution is 2.26. The molecule has 2 heterocycles. The molecule has 2 fully saturated rings. The third-order valence-electron chi connectivity index (χ3n) is 4.23. The molecule has 3 unspecified atom stereocenters. The molecule has 0 amide bonds. The topological polar surface area (TPSA) is 32.8 Å². The fourth-order valence-electron chi connectivity index (χ4n) is 3.27. The number of ether oxygens (including phenoxy) is 1. The van der Waals surface area contributed by atoms with Gasteiger partial charge in [-0.25, -0.2) is 0 Å². The van der Waals surface area contributed by atoms with Crippen LogP contribution in [0.5, 0.6) is 0 Å². The van der Waals surface area contributed by atoms with E-state index in [2.05, 4.69) is 16.7 Å². The molecule has 0 aromatic rings. The number of hydrogen-bond acceptors (Lipinski definition) is 4. The number of piperazine rings is 1. The molecule has 0 radical (unpaired) electrons. The number of hydrogen-bond donors (Lipinski definition) is 0.